The summed E-state index contributed by atoms with van der Waals surface area (Å²) in [5, 5.41) is 10.2. The first-order valence-electron chi connectivity index (χ1n) is 9.48. The number of benzene rings is 2. The minimum atomic E-state index is -1.08. The zero-order chi connectivity index (χ0) is 21.1. The number of halogens is 1. The first-order valence-corrected chi connectivity index (χ1v) is 9.48. The summed E-state index contributed by atoms with van der Waals surface area (Å²) in [5.41, 5.74) is 7.19. The molecule has 8 heteroatoms. The lowest BCUT2D eigenvalue weighted by atomic mass is 9.85. The number of nitrogens with zero attached hydrogens (tertiary/aromatic N) is 3. The molecule has 30 heavy (non-hydrogen) atoms. The molecule has 4 rings (SSSR count). The monoisotopic (exact) mass is 408 g/mol. The highest BCUT2D eigenvalue weighted by Gasteiger charge is 2.39. The van der Waals surface area contributed by atoms with Gasteiger partial charge in [-0.15, -0.1) is 0 Å². The minimum Gasteiger partial charge on any atom is -0.393 e. The molecule has 0 spiro atoms. The standard InChI is InChI=1S/C22H21FN4O3/c23-19-9-15(5-6-17(19)20-10-26-21(24)11-25-20)16-3-1-2-4-18(16)22(13-28)12-27(14-29)7-8-30-22/h1-6,9-11,14,28H,7-8,12-13H2,(H2,24,26). The number of aliphatic hydroxyl groups is 1. The zero-order valence-corrected chi connectivity index (χ0v) is 16.2. The summed E-state index contributed by atoms with van der Waals surface area (Å²) in [6.45, 7) is 0.664. The van der Waals surface area contributed by atoms with Gasteiger partial charge in [0.05, 0.1) is 37.8 Å². The molecule has 1 aliphatic rings. The normalized spacial score (nSPS) is 18.9. The van der Waals surface area contributed by atoms with Crippen LogP contribution in [-0.2, 0) is 15.1 Å². The second kappa shape index (κ2) is 8.17. The zero-order valence-electron chi connectivity index (χ0n) is 16.2. The number of nitrogen functional groups attached to an aromatic ring is 1. The van der Waals surface area contributed by atoms with E-state index >= 15 is 0 Å². The molecule has 154 valence electrons. The highest BCUT2D eigenvalue weighted by Crippen LogP contribution is 2.37. The highest BCUT2D eigenvalue weighted by molar-refractivity contribution is 5.72. The molecule has 0 radical (unpaired) electrons. The number of aromatic nitrogens is 2. The fraction of sp³-hybridized carbons (Fsp3) is 0.227. The Hall–Kier alpha value is -3.36. The first-order chi connectivity index (χ1) is 14.6. The summed E-state index contributed by atoms with van der Waals surface area (Å²) >= 11 is 0. The quantitative estimate of drug-likeness (QED) is 0.628. The lowest BCUT2D eigenvalue weighted by Gasteiger charge is -2.41. The van der Waals surface area contributed by atoms with Crippen LogP contribution >= 0.6 is 0 Å². The van der Waals surface area contributed by atoms with E-state index in [0.717, 1.165) is 6.41 Å². The van der Waals surface area contributed by atoms with Crippen LogP contribution in [0.25, 0.3) is 22.4 Å². The van der Waals surface area contributed by atoms with Crippen LogP contribution in [0.3, 0.4) is 0 Å². The maximum absolute atomic E-state index is 15.0. The van der Waals surface area contributed by atoms with Crippen molar-refractivity contribution in [3.63, 3.8) is 0 Å². The van der Waals surface area contributed by atoms with Crippen molar-refractivity contribution >= 4 is 12.2 Å². The predicted molar refractivity (Wildman–Crippen MR) is 110 cm³/mol. The number of anilines is 1. The van der Waals surface area contributed by atoms with Gasteiger partial charge in [0.1, 0.15) is 17.2 Å². The molecule has 1 amide bonds. The molecule has 1 aromatic heterocycles. The third-order valence-electron chi connectivity index (χ3n) is 5.27. The number of aliphatic hydroxyl groups excluding tert-OH is 1. The summed E-state index contributed by atoms with van der Waals surface area (Å²) in [7, 11) is 0. The Labute approximate surface area is 173 Å². The van der Waals surface area contributed by atoms with E-state index in [0.29, 0.717) is 41.1 Å². The summed E-state index contributed by atoms with van der Waals surface area (Å²) in [5.74, 6) is -0.200. The van der Waals surface area contributed by atoms with E-state index in [4.69, 9.17) is 10.5 Å². The number of ether oxygens (including phenoxy) is 1. The van der Waals surface area contributed by atoms with Gasteiger partial charge in [-0.05, 0) is 28.8 Å². The smallest absolute Gasteiger partial charge is 0.209 e. The van der Waals surface area contributed by atoms with Crippen LogP contribution in [0.2, 0.25) is 0 Å². The van der Waals surface area contributed by atoms with Crippen LogP contribution in [0.4, 0.5) is 10.2 Å². The van der Waals surface area contributed by atoms with Gasteiger partial charge in [-0.25, -0.2) is 9.37 Å². The number of hydrogen-bond donors (Lipinski definition) is 2. The Bertz CT molecular complexity index is 1060. The number of amides is 1. The summed E-state index contributed by atoms with van der Waals surface area (Å²) in [6.07, 6.45) is 3.55. The van der Waals surface area contributed by atoms with E-state index in [1.807, 2.05) is 24.3 Å². The second-order valence-electron chi connectivity index (χ2n) is 7.14. The molecule has 1 saturated heterocycles. The van der Waals surface area contributed by atoms with E-state index in [1.54, 1.807) is 17.0 Å². The molecule has 3 aromatic rings. The average molecular weight is 408 g/mol. The van der Waals surface area contributed by atoms with E-state index in [1.165, 1.54) is 18.5 Å². The van der Waals surface area contributed by atoms with Crippen molar-refractivity contribution in [3.05, 3.63) is 66.2 Å². The van der Waals surface area contributed by atoms with Crippen LogP contribution in [0.5, 0.6) is 0 Å². The summed E-state index contributed by atoms with van der Waals surface area (Å²) in [4.78, 5) is 21.0. The molecule has 1 aliphatic heterocycles. The van der Waals surface area contributed by atoms with Gasteiger partial charge < -0.3 is 20.5 Å². The van der Waals surface area contributed by atoms with Crippen molar-refractivity contribution in [2.45, 2.75) is 5.60 Å². The number of carbonyl (C=O) groups excluding carboxylic acids is 1. The summed E-state index contributed by atoms with van der Waals surface area (Å²) < 4.78 is 20.9. The van der Waals surface area contributed by atoms with Crippen LogP contribution in [0, 0.1) is 5.82 Å². The van der Waals surface area contributed by atoms with Gasteiger partial charge >= 0.3 is 0 Å². The number of carbonyl (C=O) groups is 1. The third-order valence-corrected chi connectivity index (χ3v) is 5.27. The molecular formula is C22H21FN4O3. The Balaban J connectivity index is 1.76. The van der Waals surface area contributed by atoms with Gasteiger partial charge in [-0.2, -0.15) is 0 Å². The number of hydrogen-bond acceptors (Lipinski definition) is 6. The Morgan fingerprint density at radius 1 is 1.20 bits per heavy atom. The van der Waals surface area contributed by atoms with Crippen molar-refractivity contribution in [3.8, 4) is 22.4 Å². The van der Waals surface area contributed by atoms with Crippen LogP contribution in [-0.4, -0.2) is 52.7 Å². The molecule has 7 nitrogen and oxygen atoms in total. The highest BCUT2D eigenvalue weighted by atomic mass is 19.1. The molecule has 2 aromatic carbocycles. The largest absolute Gasteiger partial charge is 0.393 e. The topological polar surface area (TPSA) is 102 Å². The lowest BCUT2D eigenvalue weighted by molar-refractivity contribution is -0.151. The molecule has 3 N–H and O–H groups in total. The molecule has 0 aliphatic carbocycles. The van der Waals surface area contributed by atoms with Crippen LogP contribution in [0.15, 0.2) is 54.9 Å². The Morgan fingerprint density at radius 2 is 2.03 bits per heavy atom. The molecule has 1 atom stereocenters. The molecule has 2 heterocycles. The minimum absolute atomic E-state index is 0.214. The Morgan fingerprint density at radius 3 is 2.73 bits per heavy atom. The van der Waals surface area contributed by atoms with E-state index in [-0.39, 0.29) is 19.0 Å². The van der Waals surface area contributed by atoms with E-state index in [2.05, 4.69) is 9.97 Å². The summed E-state index contributed by atoms with van der Waals surface area (Å²) in [6, 6.07) is 12.2. The van der Waals surface area contributed by atoms with Gasteiger partial charge in [-0.3, -0.25) is 9.78 Å². The lowest BCUT2D eigenvalue weighted by Crippen LogP contribution is -2.51. The SMILES string of the molecule is Nc1cnc(-c2ccc(-c3ccccc3C3(CO)CN(C=O)CCO3)cc2F)cn1. The third kappa shape index (κ3) is 3.62. The van der Waals surface area contributed by atoms with Crippen molar-refractivity contribution in [1.82, 2.24) is 14.9 Å². The van der Waals surface area contributed by atoms with Gasteiger partial charge in [0, 0.05) is 12.1 Å². The Kier molecular flexibility index (Phi) is 5.43. The van der Waals surface area contributed by atoms with Crippen molar-refractivity contribution in [1.29, 1.82) is 0 Å². The molecule has 1 unspecified atom stereocenters. The first kappa shape index (κ1) is 19.9. The fourth-order valence-electron chi connectivity index (χ4n) is 3.74. The fourth-order valence-corrected chi connectivity index (χ4v) is 3.74. The molecule has 1 fully saturated rings. The van der Waals surface area contributed by atoms with Crippen molar-refractivity contribution in [2.75, 3.05) is 32.0 Å². The van der Waals surface area contributed by atoms with Crippen molar-refractivity contribution in [2.24, 2.45) is 0 Å². The number of morpholine rings is 1. The predicted octanol–water partition coefficient (Wildman–Crippen LogP) is 2.21. The van der Waals surface area contributed by atoms with Crippen LogP contribution in [0.1, 0.15) is 5.56 Å². The number of rotatable bonds is 5. The van der Waals surface area contributed by atoms with Crippen molar-refractivity contribution < 1.29 is 19.0 Å². The number of nitrogens with two attached hydrogens (primary N) is 1. The van der Waals surface area contributed by atoms with Gasteiger partial charge in [0.25, 0.3) is 0 Å². The van der Waals surface area contributed by atoms with E-state index < -0.39 is 11.4 Å². The molecule has 0 bridgehead atoms. The maximum atomic E-state index is 15.0. The van der Waals surface area contributed by atoms with E-state index in [9.17, 15) is 14.3 Å². The van der Waals surface area contributed by atoms with Gasteiger partial charge in [0.15, 0.2) is 0 Å². The second-order valence-corrected chi connectivity index (χ2v) is 7.14. The van der Waals surface area contributed by atoms with Gasteiger partial charge in [-0.1, -0.05) is 30.3 Å². The van der Waals surface area contributed by atoms with Gasteiger partial charge in [0.2, 0.25) is 6.41 Å². The molecular weight excluding hydrogens is 387 g/mol. The maximum Gasteiger partial charge on any atom is 0.209 e. The average Bonchev–Trinajstić information content (AvgIpc) is 2.79. The van der Waals surface area contributed by atoms with Crippen LogP contribution < -0.4 is 5.73 Å². The molecule has 0 saturated carbocycles.